The smallest absolute Gasteiger partial charge is 0.242 e. The van der Waals surface area contributed by atoms with Gasteiger partial charge in [-0.25, -0.2) is 22.0 Å². The molecule has 0 radical (unpaired) electrons. The van der Waals surface area contributed by atoms with Crippen LogP contribution >= 0.6 is 0 Å². The van der Waals surface area contributed by atoms with Gasteiger partial charge in [0.2, 0.25) is 0 Å². The molecule has 0 aliphatic heterocycles. The van der Waals surface area contributed by atoms with E-state index in [4.69, 9.17) is 0 Å². The van der Waals surface area contributed by atoms with Gasteiger partial charge in [-0.05, 0) is 5.56 Å². The van der Waals surface area contributed by atoms with Crippen LogP contribution < -0.4 is 18.9 Å². The van der Waals surface area contributed by atoms with Crippen LogP contribution in [-0.2, 0) is 0 Å². The fraction of sp³-hybridized carbons (Fsp3) is 0. The molecule has 102 valence electrons. The second-order valence-electron chi connectivity index (χ2n) is 4.28. The zero-order valence-corrected chi connectivity index (χ0v) is 10.9. The van der Waals surface area contributed by atoms with E-state index in [1.165, 1.54) is 6.07 Å². The van der Waals surface area contributed by atoms with Gasteiger partial charge in [-0.3, -0.25) is 0 Å². The zero-order chi connectivity index (χ0) is 14.4. The van der Waals surface area contributed by atoms with E-state index in [9.17, 15) is 22.0 Å². The summed E-state index contributed by atoms with van der Waals surface area (Å²) in [5, 5.41) is 1.09. The first-order valence-electron chi connectivity index (χ1n) is 5.68. The molecule has 0 unspecified atom stereocenters. The van der Waals surface area contributed by atoms with E-state index >= 15 is 0 Å². The first-order valence-corrected chi connectivity index (χ1v) is 5.68. The van der Waals surface area contributed by atoms with Crippen LogP contribution in [0.1, 0.15) is 0 Å². The summed E-state index contributed by atoms with van der Waals surface area (Å²) in [5.41, 5.74) is -0.920. The minimum atomic E-state index is -2.15. The van der Waals surface area contributed by atoms with E-state index in [1.54, 1.807) is 30.3 Å². The normalized spacial score (nSPS) is 10.7. The largest absolute Gasteiger partial charge is 1.00 e. The predicted octanol–water partition coefficient (Wildman–Crippen LogP) is 1.93. The van der Waals surface area contributed by atoms with Crippen LogP contribution in [0.4, 0.5) is 22.0 Å². The van der Waals surface area contributed by atoms with E-state index < -0.39 is 34.6 Å². The molecule has 0 fully saturated rings. The third-order valence-corrected chi connectivity index (χ3v) is 3.16. The molecule has 0 saturated carbocycles. The van der Waals surface area contributed by atoms with Gasteiger partial charge in [0.05, 0.1) is 0 Å². The molecule has 3 rings (SSSR count). The van der Waals surface area contributed by atoms with Crippen molar-refractivity contribution in [3.8, 4) is 11.1 Å². The molecule has 0 spiro atoms. The second-order valence-corrected chi connectivity index (χ2v) is 4.28. The number of rotatable bonds is 1. The summed E-state index contributed by atoms with van der Waals surface area (Å²) in [6.07, 6.45) is 0. The molecule has 0 N–H and O–H groups in total. The Hall–Kier alpha value is -1.70. The van der Waals surface area contributed by atoms with E-state index in [0.29, 0.717) is 10.8 Å². The average molecular weight is 288 g/mol. The van der Waals surface area contributed by atoms with E-state index in [0.717, 1.165) is 0 Å². The second kappa shape index (κ2) is 5.59. The molecule has 0 amide bonds. The van der Waals surface area contributed by atoms with Crippen LogP contribution in [0.15, 0.2) is 36.4 Å². The van der Waals surface area contributed by atoms with Crippen LogP contribution in [-0.4, -0.2) is 0 Å². The molecule has 0 aromatic heterocycles. The number of halogens is 5. The molecular formula is C15H6F5Li. The van der Waals surface area contributed by atoms with Gasteiger partial charge in [0.15, 0.2) is 17.5 Å². The van der Waals surface area contributed by atoms with Gasteiger partial charge in [0.1, 0.15) is 11.6 Å². The standard InChI is InChI=1S/C15H6F5.Li/c16-11-10(12(17)14(19)15(20)13(11)18)9-6-5-7-3-1-2-4-8(7)9;/h1-6H;/q-1;+1. The molecule has 0 atom stereocenters. The van der Waals surface area contributed by atoms with Crippen LogP contribution in [0.2, 0.25) is 0 Å². The summed E-state index contributed by atoms with van der Waals surface area (Å²) in [5.74, 6) is -9.68. The molecule has 0 aliphatic rings. The SMILES string of the molecule is Fc1c(F)c(F)c(-[c-]2ccc3ccccc32)c(F)c1F.[Li+]. The quantitative estimate of drug-likeness (QED) is 0.211. The molecule has 0 heterocycles. The Labute approximate surface area is 128 Å². The van der Waals surface area contributed by atoms with Gasteiger partial charge in [0, 0.05) is 0 Å². The summed E-state index contributed by atoms with van der Waals surface area (Å²) in [6.45, 7) is 0. The maximum atomic E-state index is 13.8. The van der Waals surface area contributed by atoms with Gasteiger partial charge in [0.25, 0.3) is 0 Å². The predicted molar refractivity (Wildman–Crippen MR) is 64.8 cm³/mol. The first-order chi connectivity index (χ1) is 9.52. The summed E-state index contributed by atoms with van der Waals surface area (Å²) in [6, 6.07) is 9.47. The first kappa shape index (κ1) is 15.7. The van der Waals surface area contributed by atoms with E-state index in [1.807, 2.05) is 0 Å². The summed E-state index contributed by atoms with van der Waals surface area (Å²) in [4.78, 5) is 0. The maximum absolute atomic E-state index is 13.8. The van der Waals surface area contributed by atoms with Gasteiger partial charge in [-0.15, -0.1) is 18.2 Å². The van der Waals surface area contributed by atoms with Crippen molar-refractivity contribution in [3.05, 3.63) is 65.5 Å². The fourth-order valence-corrected chi connectivity index (χ4v) is 2.21. The molecule has 0 nitrogen and oxygen atoms in total. The Kier molecular flexibility index (Phi) is 4.17. The minimum Gasteiger partial charge on any atom is -0.242 e. The number of hydrogen-bond acceptors (Lipinski definition) is 0. The van der Waals surface area contributed by atoms with Crippen LogP contribution in [0.3, 0.4) is 0 Å². The molecule has 3 aromatic rings. The van der Waals surface area contributed by atoms with Crippen molar-refractivity contribution >= 4 is 10.8 Å². The van der Waals surface area contributed by atoms with Crippen LogP contribution in [0.25, 0.3) is 21.9 Å². The van der Waals surface area contributed by atoms with Gasteiger partial charge < -0.3 is 0 Å². The number of hydrogen-bond donors (Lipinski definition) is 0. The minimum absolute atomic E-state index is 0. The Bertz CT molecular complexity index is 793. The summed E-state index contributed by atoms with van der Waals surface area (Å²) >= 11 is 0. The molecular weight excluding hydrogens is 282 g/mol. The molecule has 3 aromatic carbocycles. The van der Waals surface area contributed by atoms with Crippen molar-refractivity contribution in [1.29, 1.82) is 0 Å². The molecule has 0 bridgehead atoms. The van der Waals surface area contributed by atoms with Crippen molar-refractivity contribution in [2.45, 2.75) is 0 Å². The fourth-order valence-electron chi connectivity index (χ4n) is 2.21. The molecule has 0 aliphatic carbocycles. The monoisotopic (exact) mass is 288 g/mol. The molecule has 0 saturated heterocycles. The van der Waals surface area contributed by atoms with E-state index in [2.05, 4.69) is 0 Å². The van der Waals surface area contributed by atoms with Crippen molar-refractivity contribution < 1.29 is 40.8 Å². The van der Waals surface area contributed by atoms with Gasteiger partial charge >= 0.3 is 18.9 Å². The Morgan fingerprint density at radius 1 is 0.667 bits per heavy atom. The van der Waals surface area contributed by atoms with Crippen molar-refractivity contribution in [2.75, 3.05) is 0 Å². The van der Waals surface area contributed by atoms with Crippen molar-refractivity contribution in [3.63, 3.8) is 0 Å². The van der Waals surface area contributed by atoms with E-state index in [-0.39, 0.29) is 24.4 Å². The summed E-state index contributed by atoms with van der Waals surface area (Å²) < 4.78 is 67.0. The maximum Gasteiger partial charge on any atom is 1.00 e. The molecule has 21 heavy (non-hydrogen) atoms. The Morgan fingerprint density at radius 3 is 1.81 bits per heavy atom. The third kappa shape index (κ3) is 2.27. The number of fused-ring (bicyclic) bond motifs is 1. The van der Waals surface area contributed by atoms with Crippen LogP contribution in [0.5, 0.6) is 0 Å². The van der Waals surface area contributed by atoms with Crippen molar-refractivity contribution in [2.24, 2.45) is 0 Å². The van der Waals surface area contributed by atoms with Gasteiger partial charge in [-0.1, -0.05) is 34.5 Å². The topological polar surface area (TPSA) is 0 Å². The Morgan fingerprint density at radius 2 is 1.19 bits per heavy atom. The Balaban J connectivity index is 0.00000161. The van der Waals surface area contributed by atoms with Crippen LogP contribution in [0, 0.1) is 29.1 Å². The third-order valence-electron chi connectivity index (χ3n) is 3.16. The van der Waals surface area contributed by atoms with Gasteiger partial charge in [-0.2, -0.15) is 0 Å². The molecule has 6 heteroatoms. The zero-order valence-electron chi connectivity index (χ0n) is 10.9. The van der Waals surface area contributed by atoms with Crippen molar-refractivity contribution in [1.82, 2.24) is 0 Å². The average Bonchev–Trinajstić information content (AvgIpc) is 2.87. The summed E-state index contributed by atoms with van der Waals surface area (Å²) in [7, 11) is 0. The number of benzene rings is 2.